The van der Waals surface area contributed by atoms with E-state index in [1.165, 1.54) is 31.2 Å². The monoisotopic (exact) mass is 507 g/mol. The number of Topliss-reactive ketones (excluding diaryl/α,β-unsaturated/α-hetero) is 1. The highest BCUT2D eigenvalue weighted by molar-refractivity contribution is 7.93. The second-order valence-corrected chi connectivity index (χ2v) is 9.74. The Kier molecular flexibility index (Phi) is 7.79. The number of carbonyl (C=O) groups is 1. The summed E-state index contributed by atoms with van der Waals surface area (Å²) in [5, 5.41) is -0.0646. The molecule has 33 heavy (non-hydrogen) atoms. The summed E-state index contributed by atoms with van der Waals surface area (Å²) < 4.78 is 48.6. The van der Waals surface area contributed by atoms with Crippen LogP contribution >= 0.6 is 23.2 Å². The highest BCUT2D eigenvalue weighted by Gasteiger charge is 2.31. The van der Waals surface area contributed by atoms with E-state index in [4.69, 9.17) is 27.9 Å². The maximum atomic E-state index is 14.9. The molecule has 0 atom stereocenters. The molecule has 0 unspecified atom stereocenters. The van der Waals surface area contributed by atoms with E-state index < -0.39 is 27.3 Å². The second-order valence-electron chi connectivity index (χ2n) is 7.06. The van der Waals surface area contributed by atoms with E-state index in [9.17, 15) is 17.6 Å². The summed E-state index contributed by atoms with van der Waals surface area (Å²) in [6, 6.07) is 15.8. The maximum absolute atomic E-state index is 14.9. The zero-order valence-corrected chi connectivity index (χ0v) is 19.9. The molecule has 3 aromatic carbocycles. The first-order valence-corrected chi connectivity index (χ1v) is 11.9. The molecule has 0 aliphatic rings. The number of ether oxygens (including phenoxy) is 1. The first kappa shape index (κ1) is 24.8. The van der Waals surface area contributed by atoms with Crippen LogP contribution in [0.25, 0.3) is 11.1 Å². The molecule has 0 spiro atoms. The Labute approximate surface area is 202 Å². The molecule has 0 aliphatic heterocycles. The Morgan fingerprint density at radius 3 is 2.42 bits per heavy atom. The van der Waals surface area contributed by atoms with Crippen LogP contribution in [0.4, 0.5) is 10.1 Å². The lowest BCUT2D eigenvalue weighted by Gasteiger charge is -2.25. The molecule has 0 radical (unpaired) electrons. The number of carbonyl (C=O) groups excluding carboxylic acids is 1. The van der Waals surface area contributed by atoms with Gasteiger partial charge in [0.2, 0.25) is 0 Å². The average Bonchev–Trinajstić information content (AvgIpc) is 2.77. The topological polar surface area (TPSA) is 63.7 Å². The van der Waals surface area contributed by atoms with Gasteiger partial charge < -0.3 is 4.74 Å². The van der Waals surface area contributed by atoms with Gasteiger partial charge in [0.1, 0.15) is 17.3 Å². The molecule has 0 saturated heterocycles. The van der Waals surface area contributed by atoms with Gasteiger partial charge in [0.15, 0.2) is 11.5 Å². The Morgan fingerprint density at radius 2 is 1.79 bits per heavy atom. The van der Waals surface area contributed by atoms with Crippen molar-refractivity contribution >= 4 is 44.7 Å². The quantitative estimate of drug-likeness (QED) is 0.326. The highest BCUT2D eigenvalue weighted by Crippen LogP contribution is 2.39. The molecule has 9 heteroatoms. The first-order valence-electron chi connectivity index (χ1n) is 9.75. The molecule has 0 amide bonds. The summed E-state index contributed by atoms with van der Waals surface area (Å²) in [7, 11) is -4.44. The van der Waals surface area contributed by atoms with Crippen LogP contribution in [0.2, 0.25) is 10.0 Å². The van der Waals surface area contributed by atoms with Gasteiger partial charge in [-0.05, 0) is 42.3 Å². The lowest BCUT2D eigenvalue weighted by atomic mass is 10.1. The third kappa shape index (κ3) is 5.55. The van der Waals surface area contributed by atoms with Crippen LogP contribution in [0.15, 0.2) is 78.2 Å². The molecular formula is C24H20Cl2FNO4S. The number of ketones is 1. The summed E-state index contributed by atoms with van der Waals surface area (Å²) in [6.07, 6.45) is 1.33. The minimum absolute atomic E-state index is 0.0332. The average molecular weight is 508 g/mol. The second kappa shape index (κ2) is 10.4. The van der Waals surface area contributed by atoms with Crippen molar-refractivity contribution in [2.45, 2.75) is 11.8 Å². The number of nitrogens with zero attached hydrogens (tertiary/aromatic N) is 1. The molecule has 172 valence electrons. The lowest BCUT2D eigenvalue weighted by molar-refractivity contribution is -0.118. The van der Waals surface area contributed by atoms with E-state index in [2.05, 4.69) is 6.58 Å². The third-order valence-corrected chi connectivity index (χ3v) is 6.86. The molecule has 0 N–H and O–H groups in total. The summed E-state index contributed by atoms with van der Waals surface area (Å²) in [6.45, 7) is 4.25. The van der Waals surface area contributed by atoms with Crippen LogP contribution in [0, 0.1) is 5.82 Å². The Bertz CT molecular complexity index is 1300. The fourth-order valence-electron chi connectivity index (χ4n) is 3.12. The first-order chi connectivity index (χ1) is 15.6. The van der Waals surface area contributed by atoms with Crippen molar-refractivity contribution in [1.29, 1.82) is 0 Å². The molecular weight excluding hydrogens is 488 g/mol. The van der Waals surface area contributed by atoms with Crippen LogP contribution in [0.3, 0.4) is 0 Å². The van der Waals surface area contributed by atoms with Crippen molar-refractivity contribution < 1.29 is 22.3 Å². The van der Waals surface area contributed by atoms with E-state index in [-0.39, 0.29) is 33.8 Å². The Morgan fingerprint density at radius 1 is 1.09 bits per heavy atom. The van der Waals surface area contributed by atoms with Gasteiger partial charge in [0.05, 0.1) is 17.3 Å². The molecule has 0 saturated carbocycles. The standard InChI is InChI=1S/C24H20Cl2FNO4S/c1-3-11-28(22-12-18(9-10-21(22)27)17-7-5-4-6-8-17)33(30,31)23-14-19(25)13-20(26)24(23)32-15-16(2)29/h3-10,12-14H,1,11,15H2,2H3. The van der Waals surface area contributed by atoms with Crippen LogP contribution in [-0.4, -0.2) is 27.4 Å². The number of sulfonamides is 1. The van der Waals surface area contributed by atoms with Crippen LogP contribution in [-0.2, 0) is 14.8 Å². The zero-order valence-electron chi connectivity index (χ0n) is 17.6. The zero-order chi connectivity index (χ0) is 24.2. The fourth-order valence-corrected chi connectivity index (χ4v) is 5.40. The smallest absolute Gasteiger partial charge is 0.268 e. The molecule has 0 fully saturated rings. The van der Waals surface area contributed by atoms with Crippen molar-refractivity contribution in [2.75, 3.05) is 17.5 Å². The Balaban J connectivity index is 2.19. The molecule has 3 aromatic rings. The number of benzene rings is 3. The van der Waals surface area contributed by atoms with Crippen LogP contribution in [0.1, 0.15) is 6.92 Å². The fraction of sp³-hybridized carbons (Fsp3) is 0.125. The summed E-state index contributed by atoms with van der Waals surface area (Å²) in [5.74, 6) is -1.33. The van der Waals surface area contributed by atoms with Gasteiger partial charge in [0.25, 0.3) is 10.0 Å². The largest absolute Gasteiger partial charge is 0.483 e. The van der Waals surface area contributed by atoms with Crippen molar-refractivity contribution in [3.63, 3.8) is 0 Å². The molecule has 0 heterocycles. The van der Waals surface area contributed by atoms with Gasteiger partial charge in [-0.1, -0.05) is 65.7 Å². The van der Waals surface area contributed by atoms with Gasteiger partial charge >= 0.3 is 0 Å². The van der Waals surface area contributed by atoms with E-state index >= 15 is 0 Å². The number of anilines is 1. The van der Waals surface area contributed by atoms with Gasteiger partial charge in [-0.15, -0.1) is 6.58 Å². The van der Waals surface area contributed by atoms with E-state index in [1.807, 2.05) is 30.3 Å². The normalized spacial score (nSPS) is 11.2. The van der Waals surface area contributed by atoms with Gasteiger partial charge in [-0.25, -0.2) is 12.8 Å². The van der Waals surface area contributed by atoms with Gasteiger partial charge in [0, 0.05) is 5.02 Å². The van der Waals surface area contributed by atoms with Gasteiger partial charge in [-0.2, -0.15) is 0 Å². The predicted octanol–water partition coefficient (Wildman–Crippen LogP) is 6.15. The minimum Gasteiger partial charge on any atom is -0.483 e. The van der Waals surface area contributed by atoms with Crippen LogP contribution < -0.4 is 9.04 Å². The highest BCUT2D eigenvalue weighted by atomic mass is 35.5. The number of hydrogen-bond donors (Lipinski definition) is 0. The van der Waals surface area contributed by atoms with E-state index in [0.717, 1.165) is 15.9 Å². The third-order valence-electron chi connectivity index (χ3n) is 4.58. The Hall–Kier alpha value is -2.87. The predicted molar refractivity (Wildman–Crippen MR) is 129 cm³/mol. The molecule has 0 aliphatic carbocycles. The molecule has 0 aromatic heterocycles. The SMILES string of the molecule is C=CCN(c1cc(-c2ccccc2)ccc1F)S(=O)(=O)c1cc(Cl)cc(Cl)c1OCC(C)=O. The molecule has 5 nitrogen and oxygen atoms in total. The van der Waals surface area contributed by atoms with Crippen LogP contribution in [0.5, 0.6) is 5.75 Å². The van der Waals surface area contributed by atoms with Gasteiger partial charge in [-0.3, -0.25) is 9.10 Å². The van der Waals surface area contributed by atoms with Crippen molar-refractivity contribution in [3.05, 3.63) is 89.2 Å². The van der Waals surface area contributed by atoms with E-state index in [0.29, 0.717) is 5.56 Å². The molecule has 3 rings (SSSR count). The summed E-state index contributed by atoms with van der Waals surface area (Å²) >= 11 is 12.3. The molecule has 0 bridgehead atoms. The van der Waals surface area contributed by atoms with Crippen molar-refractivity contribution in [1.82, 2.24) is 0 Å². The number of hydrogen-bond acceptors (Lipinski definition) is 4. The van der Waals surface area contributed by atoms with Crippen molar-refractivity contribution in [3.8, 4) is 16.9 Å². The van der Waals surface area contributed by atoms with Crippen molar-refractivity contribution in [2.24, 2.45) is 0 Å². The minimum atomic E-state index is -4.44. The maximum Gasteiger partial charge on any atom is 0.268 e. The summed E-state index contributed by atoms with van der Waals surface area (Å²) in [4.78, 5) is 11.0. The number of halogens is 3. The lowest BCUT2D eigenvalue weighted by Crippen LogP contribution is -2.32. The number of rotatable bonds is 9. The van der Waals surface area contributed by atoms with E-state index in [1.54, 1.807) is 6.07 Å². The summed E-state index contributed by atoms with van der Waals surface area (Å²) in [5.41, 5.74) is 1.21.